The minimum atomic E-state index is -1.67. The number of methoxy groups -OCH3 is 1. The van der Waals surface area contributed by atoms with Crippen LogP contribution in [0.3, 0.4) is 0 Å². The zero-order chi connectivity index (χ0) is 13.0. The summed E-state index contributed by atoms with van der Waals surface area (Å²) in [6, 6.07) is 4.53. The summed E-state index contributed by atoms with van der Waals surface area (Å²) in [4.78, 5) is 11.7. The lowest BCUT2D eigenvalue weighted by molar-refractivity contribution is 0.0943. The number of nitrogens with one attached hydrogen (secondary N) is 1. The van der Waals surface area contributed by atoms with Gasteiger partial charge in [-0.05, 0) is 32.0 Å². The Morgan fingerprint density at radius 3 is 2.53 bits per heavy atom. The number of carbonyl (C=O) groups excluding carboxylic acids is 1. The Hall–Kier alpha value is -1.53. The van der Waals surface area contributed by atoms with E-state index in [1.807, 2.05) is 13.8 Å². The molecule has 1 aromatic carbocycles. The average Bonchev–Trinajstić information content (AvgIpc) is 2.27. The Labute approximate surface area is 101 Å². The molecule has 92 valence electrons. The van der Waals surface area contributed by atoms with Gasteiger partial charge in [0.15, 0.2) is 0 Å². The minimum Gasteiger partial charge on any atom is -0.497 e. The molecule has 0 fully saturated rings. The summed E-state index contributed by atoms with van der Waals surface area (Å²) < 4.78 is 4.97. The molecule has 0 aliphatic carbocycles. The molecule has 1 aromatic rings. The third-order valence-electron chi connectivity index (χ3n) is 2.19. The van der Waals surface area contributed by atoms with Gasteiger partial charge >= 0.3 is 7.12 Å². The molecule has 0 saturated heterocycles. The van der Waals surface area contributed by atoms with E-state index in [0.717, 1.165) is 0 Å². The second-order valence-corrected chi connectivity index (χ2v) is 3.96. The summed E-state index contributed by atoms with van der Waals surface area (Å²) >= 11 is 0. The molecular weight excluding hydrogens is 221 g/mol. The molecule has 3 N–H and O–H groups in total. The zero-order valence-corrected chi connectivity index (χ0v) is 10.1. The van der Waals surface area contributed by atoms with Gasteiger partial charge in [-0.3, -0.25) is 4.79 Å². The number of hydrogen-bond acceptors (Lipinski definition) is 4. The van der Waals surface area contributed by atoms with Gasteiger partial charge in [0.25, 0.3) is 5.91 Å². The van der Waals surface area contributed by atoms with Crippen LogP contribution in [0.15, 0.2) is 18.2 Å². The van der Waals surface area contributed by atoms with E-state index < -0.39 is 7.12 Å². The topological polar surface area (TPSA) is 78.8 Å². The monoisotopic (exact) mass is 237 g/mol. The summed E-state index contributed by atoms with van der Waals surface area (Å²) in [5, 5.41) is 21.1. The molecule has 0 bridgehead atoms. The first kappa shape index (κ1) is 13.5. The first-order valence-corrected chi connectivity index (χ1v) is 5.30. The highest BCUT2D eigenvalue weighted by Gasteiger charge is 2.19. The Morgan fingerprint density at radius 1 is 1.41 bits per heavy atom. The van der Waals surface area contributed by atoms with Crippen molar-refractivity contribution in [2.24, 2.45) is 0 Å². The van der Waals surface area contributed by atoms with Crippen LogP contribution in [0.2, 0.25) is 0 Å². The Kier molecular flexibility index (Phi) is 4.54. The molecular formula is C11H16BNO4. The lowest BCUT2D eigenvalue weighted by atomic mass is 9.78. The molecule has 5 nitrogen and oxygen atoms in total. The van der Waals surface area contributed by atoms with Crippen LogP contribution in [0.4, 0.5) is 0 Å². The summed E-state index contributed by atoms with van der Waals surface area (Å²) in [6.07, 6.45) is 0. The molecule has 0 radical (unpaired) electrons. The van der Waals surface area contributed by atoms with E-state index in [0.29, 0.717) is 11.3 Å². The molecule has 0 spiro atoms. The Balaban J connectivity index is 3.03. The first-order valence-electron chi connectivity index (χ1n) is 5.30. The van der Waals surface area contributed by atoms with Crippen molar-refractivity contribution >= 4 is 18.5 Å². The Bertz CT molecular complexity index is 406. The third-order valence-corrected chi connectivity index (χ3v) is 2.19. The maximum Gasteiger partial charge on any atom is 0.492 e. The summed E-state index contributed by atoms with van der Waals surface area (Å²) in [7, 11) is -0.244. The number of hydrogen-bond donors (Lipinski definition) is 3. The predicted molar refractivity (Wildman–Crippen MR) is 65.4 cm³/mol. The SMILES string of the molecule is COc1ccc(C(=O)NC(C)C)cc1B(O)O. The average molecular weight is 237 g/mol. The number of benzene rings is 1. The summed E-state index contributed by atoms with van der Waals surface area (Å²) in [5.41, 5.74) is 0.534. The smallest absolute Gasteiger partial charge is 0.492 e. The van der Waals surface area contributed by atoms with Crippen LogP contribution in [-0.2, 0) is 0 Å². The second-order valence-electron chi connectivity index (χ2n) is 3.96. The lowest BCUT2D eigenvalue weighted by Crippen LogP contribution is -2.34. The standard InChI is InChI=1S/C11H16BNO4/c1-7(2)13-11(14)8-4-5-10(17-3)9(6-8)12(15)16/h4-7,15-16H,1-3H3,(H,13,14). The van der Waals surface area contributed by atoms with Gasteiger partial charge in [0, 0.05) is 17.1 Å². The van der Waals surface area contributed by atoms with Crippen molar-refractivity contribution in [1.29, 1.82) is 0 Å². The van der Waals surface area contributed by atoms with Gasteiger partial charge < -0.3 is 20.1 Å². The van der Waals surface area contributed by atoms with E-state index in [9.17, 15) is 4.79 Å². The van der Waals surface area contributed by atoms with Crippen molar-refractivity contribution < 1.29 is 19.6 Å². The van der Waals surface area contributed by atoms with Crippen molar-refractivity contribution in [2.75, 3.05) is 7.11 Å². The quantitative estimate of drug-likeness (QED) is 0.617. The highest BCUT2D eigenvalue weighted by atomic mass is 16.5. The molecule has 6 heteroatoms. The van der Waals surface area contributed by atoms with E-state index in [1.165, 1.54) is 19.2 Å². The fourth-order valence-corrected chi connectivity index (χ4v) is 1.42. The summed E-state index contributed by atoms with van der Waals surface area (Å²) in [5.74, 6) is 0.0747. The van der Waals surface area contributed by atoms with Crippen LogP contribution in [0.1, 0.15) is 24.2 Å². The Morgan fingerprint density at radius 2 is 2.06 bits per heavy atom. The largest absolute Gasteiger partial charge is 0.497 e. The maximum atomic E-state index is 11.7. The molecule has 0 heterocycles. The predicted octanol–water partition coefficient (Wildman–Crippen LogP) is -0.487. The maximum absolute atomic E-state index is 11.7. The zero-order valence-electron chi connectivity index (χ0n) is 10.1. The normalized spacial score (nSPS) is 10.2. The van der Waals surface area contributed by atoms with Crippen LogP contribution in [0, 0.1) is 0 Å². The number of ether oxygens (including phenoxy) is 1. The highest BCUT2D eigenvalue weighted by Crippen LogP contribution is 2.10. The molecule has 17 heavy (non-hydrogen) atoms. The minimum absolute atomic E-state index is 0.0205. The molecule has 0 atom stereocenters. The van der Waals surface area contributed by atoms with Crippen molar-refractivity contribution in [2.45, 2.75) is 19.9 Å². The lowest BCUT2D eigenvalue weighted by Gasteiger charge is -2.11. The molecule has 1 rings (SSSR count). The van der Waals surface area contributed by atoms with Crippen molar-refractivity contribution in [3.8, 4) is 5.75 Å². The molecule has 0 aliphatic heterocycles. The van der Waals surface area contributed by atoms with Crippen LogP contribution >= 0.6 is 0 Å². The number of rotatable bonds is 4. The van der Waals surface area contributed by atoms with Crippen molar-refractivity contribution in [3.05, 3.63) is 23.8 Å². The van der Waals surface area contributed by atoms with Gasteiger partial charge in [-0.25, -0.2) is 0 Å². The van der Waals surface area contributed by atoms with Crippen LogP contribution in [0.5, 0.6) is 5.75 Å². The van der Waals surface area contributed by atoms with E-state index in [4.69, 9.17) is 14.8 Å². The summed E-state index contributed by atoms with van der Waals surface area (Å²) in [6.45, 7) is 3.70. The van der Waals surface area contributed by atoms with Crippen LogP contribution in [0.25, 0.3) is 0 Å². The van der Waals surface area contributed by atoms with Crippen LogP contribution in [-0.4, -0.2) is 36.2 Å². The molecule has 1 amide bonds. The fraction of sp³-hybridized carbons (Fsp3) is 0.364. The van der Waals surface area contributed by atoms with E-state index in [-0.39, 0.29) is 17.4 Å². The number of amides is 1. The van der Waals surface area contributed by atoms with Gasteiger partial charge in [-0.1, -0.05) is 0 Å². The van der Waals surface area contributed by atoms with Crippen molar-refractivity contribution in [3.63, 3.8) is 0 Å². The molecule has 0 unspecified atom stereocenters. The number of carbonyl (C=O) groups is 1. The van der Waals surface area contributed by atoms with Crippen molar-refractivity contribution in [1.82, 2.24) is 5.32 Å². The molecule has 0 aliphatic rings. The van der Waals surface area contributed by atoms with E-state index in [2.05, 4.69) is 5.32 Å². The van der Waals surface area contributed by atoms with Gasteiger partial charge in [-0.15, -0.1) is 0 Å². The van der Waals surface area contributed by atoms with Gasteiger partial charge in [-0.2, -0.15) is 0 Å². The van der Waals surface area contributed by atoms with Gasteiger partial charge in [0.1, 0.15) is 5.75 Å². The van der Waals surface area contributed by atoms with E-state index in [1.54, 1.807) is 6.07 Å². The van der Waals surface area contributed by atoms with Gasteiger partial charge in [0.2, 0.25) is 0 Å². The third kappa shape index (κ3) is 3.47. The fourth-order valence-electron chi connectivity index (χ4n) is 1.42. The molecule has 0 saturated carbocycles. The second kappa shape index (κ2) is 5.70. The van der Waals surface area contributed by atoms with E-state index >= 15 is 0 Å². The van der Waals surface area contributed by atoms with Gasteiger partial charge in [0.05, 0.1) is 7.11 Å². The molecule has 0 aromatic heterocycles. The first-order chi connectivity index (χ1) is 7.95. The highest BCUT2D eigenvalue weighted by molar-refractivity contribution is 6.59. The van der Waals surface area contributed by atoms with Crippen LogP contribution < -0.4 is 15.5 Å².